The molecule has 0 radical (unpaired) electrons. The largest absolute Gasteiger partial charge is 0.480 e. The Morgan fingerprint density at radius 2 is 1.92 bits per heavy atom. The summed E-state index contributed by atoms with van der Waals surface area (Å²) in [7, 11) is 0. The van der Waals surface area contributed by atoms with Crippen molar-refractivity contribution in [1.82, 2.24) is 10.3 Å². The molecule has 24 heavy (non-hydrogen) atoms. The van der Waals surface area contributed by atoms with Crippen molar-refractivity contribution in [2.24, 2.45) is 0 Å². The molecule has 0 aliphatic rings. The van der Waals surface area contributed by atoms with E-state index in [9.17, 15) is 9.59 Å². The summed E-state index contributed by atoms with van der Waals surface area (Å²) in [4.78, 5) is 28.8. The molecule has 5 nitrogen and oxygen atoms in total. The van der Waals surface area contributed by atoms with Crippen LogP contribution in [0.15, 0.2) is 58.3 Å². The molecule has 0 aliphatic heterocycles. The Morgan fingerprint density at radius 1 is 1.12 bits per heavy atom. The molecular formula is C17H14N2O3S2. The van der Waals surface area contributed by atoms with Gasteiger partial charge in [0.25, 0.3) is 0 Å². The third kappa shape index (κ3) is 4.33. The zero-order valence-corrected chi connectivity index (χ0v) is 14.2. The Balaban J connectivity index is 1.72. The maximum atomic E-state index is 11.7. The molecule has 0 saturated heterocycles. The zero-order chi connectivity index (χ0) is 16.9. The van der Waals surface area contributed by atoms with Crippen LogP contribution in [-0.4, -0.2) is 28.5 Å². The van der Waals surface area contributed by atoms with Crippen LogP contribution in [0.3, 0.4) is 0 Å². The monoisotopic (exact) mass is 358 g/mol. The van der Waals surface area contributed by atoms with Gasteiger partial charge in [0.1, 0.15) is 11.6 Å². The Morgan fingerprint density at radius 3 is 2.67 bits per heavy atom. The van der Waals surface area contributed by atoms with Crippen molar-refractivity contribution in [3.8, 4) is 0 Å². The van der Waals surface area contributed by atoms with E-state index in [0.717, 1.165) is 20.0 Å². The van der Waals surface area contributed by atoms with Crippen LogP contribution in [-0.2, 0) is 16.0 Å². The van der Waals surface area contributed by atoms with Gasteiger partial charge >= 0.3 is 5.97 Å². The van der Waals surface area contributed by atoms with Gasteiger partial charge in [-0.3, -0.25) is 9.59 Å². The highest BCUT2D eigenvalue weighted by atomic mass is 32.2. The minimum atomic E-state index is -1.06. The average molecular weight is 358 g/mol. The molecule has 0 saturated carbocycles. The van der Waals surface area contributed by atoms with E-state index in [-0.39, 0.29) is 18.9 Å². The maximum Gasteiger partial charge on any atom is 0.322 e. The second-order valence-corrected chi connectivity index (χ2v) is 7.26. The number of hydrogen-bond donors (Lipinski definition) is 2. The molecule has 0 unspecified atom stereocenters. The molecule has 122 valence electrons. The normalized spacial score (nSPS) is 10.7. The van der Waals surface area contributed by atoms with Crippen molar-refractivity contribution in [1.29, 1.82) is 0 Å². The summed E-state index contributed by atoms with van der Waals surface area (Å²) in [5.74, 6) is -1.40. The number of fused-ring (bicyclic) bond motifs is 1. The van der Waals surface area contributed by atoms with Gasteiger partial charge in [-0.15, -0.1) is 11.3 Å². The zero-order valence-electron chi connectivity index (χ0n) is 12.6. The van der Waals surface area contributed by atoms with E-state index in [1.807, 2.05) is 30.3 Å². The van der Waals surface area contributed by atoms with Crippen LogP contribution in [0.25, 0.3) is 10.2 Å². The Bertz CT molecular complexity index is 878. The molecule has 0 fully saturated rings. The molecule has 2 N–H and O–H groups in total. The van der Waals surface area contributed by atoms with Crippen LogP contribution < -0.4 is 5.32 Å². The number of hydrogen-bond acceptors (Lipinski definition) is 5. The van der Waals surface area contributed by atoms with Crippen molar-refractivity contribution in [3.63, 3.8) is 0 Å². The summed E-state index contributed by atoms with van der Waals surface area (Å²) in [5, 5.41) is 11.6. The number of benzene rings is 2. The molecule has 2 aromatic carbocycles. The van der Waals surface area contributed by atoms with Crippen LogP contribution in [0, 0.1) is 0 Å². The third-order valence-electron chi connectivity index (χ3n) is 3.13. The number of rotatable bonds is 6. The molecular weight excluding hydrogens is 344 g/mol. The minimum absolute atomic E-state index is 0.0911. The third-order valence-corrected chi connectivity index (χ3v) is 5.15. The molecule has 1 heterocycles. The van der Waals surface area contributed by atoms with Crippen LogP contribution in [0.4, 0.5) is 0 Å². The number of aromatic nitrogens is 1. The lowest BCUT2D eigenvalue weighted by atomic mass is 10.3. The lowest BCUT2D eigenvalue weighted by Gasteiger charge is -2.00. The first-order valence-corrected chi connectivity index (χ1v) is 8.84. The maximum absolute atomic E-state index is 11.7. The predicted molar refractivity (Wildman–Crippen MR) is 94.5 cm³/mol. The summed E-state index contributed by atoms with van der Waals surface area (Å²) in [6.45, 7) is -0.373. The van der Waals surface area contributed by atoms with Gasteiger partial charge in [-0.1, -0.05) is 30.0 Å². The summed E-state index contributed by atoms with van der Waals surface area (Å²) < 4.78 is 1.01. The molecule has 1 amide bonds. The van der Waals surface area contributed by atoms with Crippen molar-refractivity contribution in [3.05, 3.63) is 53.5 Å². The quantitative estimate of drug-likeness (QED) is 0.707. The highest BCUT2D eigenvalue weighted by Gasteiger charge is 2.10. The highest BCUT2D eigenvalue weighted by Crippen LogP contribution is 2.32. The molecule has 0 bridgehead atoms. The molecule has 3 rings (SSSR count). The fraction of sp³-hybridized carbons (Fsp3) is 0.118. The number of aliphatic carboxylic acids is 1. The standard InChI is InChI=1S/C17H14N2O3S2/c20-15(18-10-17(21)22)9-16-19-13-7-6-12(8-14(13)24-16)23-11-4-2-1-3-5-11/h1-8H,9-10H2,(H,18,20)(H,21,22). The Labute approximate surface area is 146 Å². The number of nitrogens with zero attached hydrogens (tertiary/aromatic N) is 1. The van der Waals surface area contributed by atoms with Crippen molar-refractivity contribution in [2.45, 2.75) is 16.2 Å². The van der Waals surface area contributed by atoms with E-state index in [4.69, 9.17) is 5.11 Å². The van der Waals surface area contributed by atoms with Crippen LogP contribution in [0.1, 0.15) is 5.01 Å². The van der Waals surface area contributed by atoms with E-state index in [2.05, 4.69) is 28.5 Å². The van der Waals surface area contributed by atoms with Crippen LogP contribution >= 0.6 is 23.1 Å². The van der Waals surface area contributed by atoms with Crippen molar-refractivity contribution in [2.75, 3.05) is 6.54 Å². The Hall–Kier alpha value is -2.38. The summed E-state index contributed by atoms with van der Waals surface area (Å²) in [5.41, 5.74) is 0.846. The van der Waals surface area contributed by atoms with Gasteiger partial charge in [0, 0.05) is 9.79 Å². The van der Waals surface area contributed by atoms with Gasteiger partial charge in [-0.2, -0.15) is 0 Å². The second kappa shape index (κ2) is 7.46. The first-order chi connectivity index (χ1) is 11.6. The Kier molecular flexibility index (Phi) is 5.12. The second-order valence-electron chi connectivity index (χ2n) is 5.00. The molecule has 0 spiro atoms. The lowest BCUT2D eigenvalue weighted by molar-refractivity contribution is -0.137. The van der Waals surface area contributed by atoms with E-state index < -0.39 is 5.97 Å². The number of carboxylic acid groups (broad SMARTS) is 1. The number of amides is 1. The SMILES string of the molecule is O=C(O)CNC(=O)Cc1nc2ccc(Sc3ccccc3)cc2s1. The molecule has 1 aromatic heterocycles. The minimum Gasteiger partial charge on any atom is -0.480 e. The average Bonchev–Trinajstić information content (AvgIpc) is 2.95. The first-order valence-electron chi connectivity index (χ1n) is 7.21. The molecule has 0 atom stereocenters. The van der Waals surface area contributed by atoms with Gasteiger partial charge in [-0.25, -0.2) is 4.98 Å². The van der Waals surface area contributed by atoms with E-state index in [0.29, 0.717) is 5.01 Å². The summed E-state index contributed by atoms with van der Waals surface area (Å²) in [6, 6.07) is 16.1. The van der Waals surface area contributed by atoms with Crippen molar-refractivity contribution >= 4 is 45.2 Å². The van der Waals surface area contributed by atoms with Gasteiger partial charge < -0.3 is 10.4 Å². The smallest absolute Gasteiger partial charge is 0.322 e. The molecule has 3 aromatic rings. The van der Waals surface area contributed by atoms with Gasteiger partial charge in [0.2, 0.25) is 5.91 Å². The van der Waals surface area contributed by atoms with Gasteiger partial charge in [0.15, 0.2) is 0 Å². The number of nitrogens with one attached hydrogen (secondary N) is 1. The number of carbonyl (C=O) groups excluding carboxylic acids is 1. The number of carbonyl (C=O) groups is 2. The fourth-order valence-corrected chi connectivity index (χ4v) is 4.05. The predicted octanol–water partition coefficient (Wildman–Crippen LogP) is 3.19. The lowest BCUT2D eigenvalue weighted by Crippen LogP contribution is -2.30. The first kappa shape index (κ1) is 16.5. The number of thiazole rings is 1. The van der Waals surface area contributed by atoms with Crippen LogP contribution in [0.5, 0.6) is 0 Å². The van der Waals surface area contributed by atoms with Crippen molar-refractivity contribution < 1.29 is 14.7 Å². The topological polar surface area (TPSA) is 79.3 Å². The summed E-state index contributed by atoms with van der Waals surface area (Å²) >= 11 is 3.12. The van der Waals surface area contributed by atoms with Gasteiger partial charge in [0.05, 0.1) is 16.6 Å². The van der Waals surface area contributed by atoms with E-state index >= 15 is 0 Å². The van der Waals surface area contributed by atoms with Gasteiger partial charge in [-0.05, 0) is 30.3 Å². The van der Waals surface area contributed by atoms with E-state index in [1.54, 1.807) is 11.8 Å². The number of carboxylic acids is 1. The van der Waals surface area contributed by atoms with E-state index in [1.165, 1.54) is 11.3 Å². The van der Waals surface area contributed by atoms with Crippen LogP contribution in [0.2, 0.25) is 0 Å². The molecule has 7 heteroatoms. The fourth-order valence-electron chi connectivity index (χ4n) is 2.09. The highest BCUT2D eigenvalue weighted by molar-refractivity contribution is 7.99. The summed E-state index contributed by atoms with van der Waals surface area (Å²) in [6.07, 6.45) is 0.0911. The molecule has 0 aliphatic carbocycles.